The Kier molecular flexibility index (Phi) is 5.11. The number of halogens is 3. The number of hydrogen-bond acceptors (Lipinski definition) is 5. The molecule has 0 aliphatic rings. The summed E-state index contributed by atoms with van der Waals surface area (Å²) in [4.78, 5) is 24.2. The first kappa shape index (κ1) is 15.2. The van der Waals surface area contributed by atoms with Gasteiger partial charge in [-0.1, -0.05) is 11.6 Å². The van der Waals surface area contributed by atoms with Gasteiger partial charge in [-0.2, -0.15) is 0 Å². The third-order valence-electron chi connectivity index (χ3n) is 2.06. The van der Waals surface area contributed by atoms with Crippen molar-refractivity contribution in [3.8, 4) is 0 Å². The number of pyridine rings is 1. The van der Waals surface area contributed by atoms with Gasteiger partial charge in [-0.3, -0.25) is 4.79 Å². The molecule has 0 amide bonds. The van der Waals surface area contributed by atoms with Crippen LogP contribution in [-0.4, -0.2) is 22.5 Å². The van der Waals surface area contributed by atoms with Crippen LogP contribution in [0.1, 0.15) is 24.6 Å². The first-order valence-corrected chi connectivity index (χ1v) is 5.52. The number of carbonyl (C=O) groups is 1. The lowest BCUT2D eigenvalue weighted by atomic mass is 10.2. The molecule has 1 heterocycles. The zero-order valence-electron chi connectivity index (χ0n) is 9.73. The van der Waals surface area contributed by atoms with E-state index < -0.39 is 33.7 Å². The summed E-state index contributed by atoms with van der Waals surface area (Å²) in [6.07, 6.45) is -3.50. The monoisotopic (exact) mass is 294 g/mol. The molecule has 1 aromatic rings. The highest BCUT2D eigenvalue weighted by Gasteiger charge is 2.29. The molecule has 9 heteroatoms. The Bertz CT molecular complexity index is 511. The fourth-order valence-corrected chi connectivity index (χ4v) is 1.64. The van der Waals surface area contributed by atoms with Crippen molar-refractivity contribution in [1.29, 1.82) is 0 Å². The smallest absolute Gasteiger partial charge is 0.374 e. The fourth-order valence-electron chi connectivity index (χ4n) is 1.35. The van der Waals surface area contributed by atoms with Crippen molar-refractivity contribution in [2.75, 3.05) is 6.61 Å². The molecule has 6 nitrogen and oxygen atoms in total. The van der Waals surface area contributed by atoms with Gasteiger partial charge in [0, 0.05) is 6.07 Å². The number of nitrogens with zero attached hydrogens (tertiary/aromatic N) is 2. The van der Waals surface area contributed by atoms with Crippen LogP contribution < -0.4 is 0 Å². The molecule has 0 N–H and O–H groups in total. The number of alkyl halides is 2. The predicted octanol–water partition coefficient (Wildman–Crippen LogP) is 2.69. The maximum atomic E-state index is 12.6. The van der Waals surface area contributed by atoms with E-state index in [4.69, 9.17) is 11.6 Å². The average molecular weight is 295 g/mol. The van der Waals surface area contributed by atoms with Crippen LogP contribution in [0.4, 0.5) is 14.6 Å². The quantitative estimate of drug-likeness (QED) is 0.474. The number of rotatable bonds is 5. The molecule has 0 bridgehead atoms. The van der Waals surface area contributed by atoms with Gasteiger partial charge in [0.2, 0.25) is 0 Å². The van der Waals surface area contributed by atoms with Gasteiger partial charge in [-0.15, -0.1) is 0 Å². The van der Waals surface area contributed by atoms with E-state index in [9.17, 15) is 23.7 Å². The number of nitro groups is 1. The van der Waals surface area contributed by atoms with Crippen LogP contribution in [0.15, 0.2) is 6.07 Å². The second kappa shape index (κ2) is 6.37. The van der Waals surface area contributed by atoms with Gasteiger partial charge < -0.3 is 14.9 Å². The van der Waals surface area contributed by atoms with Crippen molar-refractivity contribution < 1.29 is 23.2 Å². The van der Waals surface area contributed by atoms with E-state index in [1.165, 1.54) is 0 Å². The molecular weight excluding hydrogens is 286 g/mol. The van der Waals surface area contributed by atoms with Crippen molar-refractivity contribution in [2.45, 2.75) is 19.8 Å². The lowest BCUT2D eigenvalue weighted by Gasteiger charge is -2.05. The van der Waals surface area contributed by atoms with Crippen LogP contribution in [0.3, 0.4) is 0 Å². The molecule has 0 atom stereocenters. The van der Waals surface area contributed by atoms with Crippen molar-refractivity contribution in [3.63, 3.8) is 0 Å². The second-order valence-electron chi connectivity index (χ2n) is 3.37. The minimum Gasteiger partial charge on any atom is -0.466 e. The van der Waals surface area contributed by atoms with Gasteiger partial charge in [0.05, 0.1) is 11.6 Å². The summed E-state index contributed by atoms with van der Waals surface area (Å²) < 4.78 is 29.9. The largest absolute Gasteiger partial charge is 0.466 e. The van der Waals surface area contributed by atoms with Crippen molar-refractivity contribution >= 4 is 23.4 Å². The first-order chi connectivity index (χ1) is 8.86. The van der Waals surface area contributed by atoms with Gasteiger partial charge in [-0.05, 0) is 16.8 Å². The minimum atomic E-state index is -3.13. The minimum absolute atomic E-state index is 0.0976. The van der Waals surface area contributed by atoms with Crippen LogP contribution in [0.2, 0.25) is 5.02 Å². The number of ether oxygens (including phenoxy) is 1. The summed E-state index contributed by atoms with van der Waals surface area (Å²) in [5, 5.41) is 10.2. The van der Waals surface area contributed by atoms with Crippen LogP contribution in [0.25, 0.3) is 0 Å². The van der Waals surface area contributed by atoms with Crippen LogP contribution in [-0.2, 0) is 16.0 Å². The third-order valence-corrected chi connectivity index (χ3v) is 2.38. The average Bonchev–Trinajstić information content (AvgIpc) is 2.27. The van der Waals surface area contributed by atoms with Gasteiger partial charge in [-0.25, -0.2) is 8.78 Å². The number of hydrogen-bond donors (Lipinski definition) is 0. The highest BCUT2D eigenvalue weighted by atomic mass is 35.5. The molecule has 0 unspecified atom stereocenters. The van der Waals surface area contributed by atoms with Crippen LogP contribution in [0, 0.1) is 10.1 Å². The Morgan fingerprint density at radius 3 is 2.74 bits per heavy atom. The first-order valence-electron chi connectivity index (χ1n) is 5.14. The normalized spacial score (nSPS) is 10.6. The van der Waals surface area contributed by atoms with Crippen molar-refractivity contribution in [3.05, 3.63) is 32.5 Å². The molecule has 0 saturated carbocycles. The summed E-state index contributed by atoms with van der Waals surface area (Å²) in [7, 11) is 0. The molecule has 19 heavy (non-hydrogen) atoms. The van der Waals surface area contributed by atoms with E-state index in [-0.39, 0.29) is 18.7 Å². The molecule has 0 spiro atoms. The van der Waals surface area contributed by atoms with E-state index in [2.05, 4.69) is 9.72 Å². The van der Waals surface area contributed by atoms with E-state index in [0.717, 1.165) is 6.07 Å². The standard InChI is InChI=1S/C10H9ClF2N2O4/c1-2-19-7(16)4-5-3-6(11)8(9(12)13)10(14-5)15(17)18/h3,9H,2,4H2,1H3. The molecule has 0 radical (unpaired) electrons. The third kappa shape index (κ3) is 3.82. The molecule has 0 saturated heterocycles. The SMILES string of the molecule is CCOC(=O)Cc1cc(Cl)c(C(F)F)c([N+](=O)[O-])n1. The molecule has 1 rings (SSSR count). The predicted molar refractivity (Wildman–Crippen MR) is 61.2 cm³/mol. The Labute approximate surface area is 111 Å². The van der Waals surface area contributed by atoms with E-state index >= 15 is 0 Å². The van der Waals surface area contributed by atoms with E-state index in [0.29, 0.717) is 0 Å². The van der Waals surface area contributed by atoms with Gasteiger partial charge in [0.25, 0.3) is 6.43 Å². The van der Waals surface area contributed by atoms with Gasteiger partial charge >= 0.3 is 11.8 Å². The Hall–Kier alpha value is -1.83. The maximum Gasteiger partial charge on any atom is 0.374 e. The lowest BCUT2D eigenvalue weighted by Crippen LogP contribution is -2.10. The Morgan fingerprint density at radius 1 is 1.63 bits per heavy atom. The number of aromatic nitrogens is 1. The zero-order valence-corrected chi connectivity index (χ0v) is 10.5. The fraction of sp³-hybridized carbons (Fsp3) is 0.400. The Balaban J connectivity index is 3.17. The van der Waals surface area contributed by atoms with E-state index in [1.807, 2.05) is 0 Å². The topological polar surface area (TPSA) is 82.3 Å². The summed E-state index contributed by atoms with van der Waals surface area (Å²) in [6, 6.07) is 0.993. The van der Waals surface area contributed by atoms with Crippen molar-refractivity contribution in [1.82, 2.24) is 4.98 Å². The summed E-state index contributed by atoms with van der Waals surface area (Å²) in [5.74, 6) is -1.73. The van der Waals surface area contributed by atoms with Crippen molar-refractivity contribution in [2.24, 2.45) is 0 Å². The van der Waals surface area contributed by atoms with Crippen LogP contribution >= 0.6 is 11.6 Å². The lowest BCUT2D eigenvalue weighted by molar-refractivity contribution is -0.391. The highest BCUT2D eigenvalue weighted by Crippen LogP contribution is 2.34. The maximum absolute atomic E-state index is 12.6. The molecule has 1 aromatic heterocycles. The van der Waals surface area contributed by atoms with Gasteiger partial charge in [0.1, 0.15) is 12.0 Å². The number of carbonyl (C=O) groups excluding carboxylic acids is 1. The molecule has 0 aliphatic heterocycles. The zero-order chi connectivity index (χ0) is 14.6. The van der Waals surface area contributed by atoms with E-state index in [1.54, 1.807) is 6.92 Å². The highest BCUT2D eigenvalue weighted by molar-refractivity contribution is 6.31. The molecule has 0 aromatic carbocycles. The van der Waals surface area contributed by atoms with Gasteiger partial charge in [0.15, 0.2) is 5.69 Å². The molecule has 0 fully saturated rings. The molecule has 0 aliphatic carbocycles. The summed E-state index contributed by atoms with van der Waals surface area (Å²) in [6.45, 7) is 1.71. The summed E-state index contributed by atoms with van der Waals surface area (Å²) in [5.41, 5.74) is -1.06. The summed E-state index contributed by atoms with van der Waals surface area (Å²) >= 11 is 5.56. The Morgan fingerprint density at radius 2 is 2.26 bits per heavy atom. The molecular formula is C10H9ClF2N2O4. The molecule has 104 valence electrons. The second-order valence-corrected chi connectivity index (χ2v) is 3.78. The van der Waals surface area contributed by atoms with Crippen LogP contribution in [0.5, 0.6) is 0 Å². The number of esters is 1.